The first-order valence-electron chi connectivity index (χ1n) is 3.51. The van der Waals surface area contributed by atoms with Gasteiger partial charge in [-0.15, -0.1) is 5.10 Å². The quantitative estimate of drug-likeness (QED) is 0.601. The van der Waals surface area contributed by atoms with Crippen LogP contribution in [0.25, 0.3) is 0 Å². The third-order valence-electron chi connectivity index (χ3n) is 1.38. The number of halogens is 1. The molecule has 0 spiro atoms. The molecule has 0 bridgehead atoms. The molecule has 62 valence electrons. The van der Waals surface area contributed by atoms with Crippen LogP contribution in [0.15, 0.2) is 0 Å². The van der Waals surface area contributed by atoms with E-state index in [-0.39, 0.29) is 5.54 Å². The smallest absolute Gasteiger partial charge is 0.242 e. The van der Waals surface area contributed by atoms with Crippen LogP contribution >= 0.6 is 11.6 Å². The van der Waals surface area contributed by atoms with Crippen LogP contribution in [0.2, 0.25) is 5.28 Å². The number of hydrogen-bond donors (Lipinski definition) is 0. The van der Waals surface area contributed by atoms with Crippen molar-refractivity contribution in [3.8, 4) is 0 Å². The van der Waals surface area contributed by atoms with Gasteiger partial charge < -0.3 is 0 Å². The van der Waals surface area contributed by atoms with E-state index in [9.17, 15) is 0 Å². The molecule has 4 heteroatoms. The summed E-state index contributed by atoms with van der Waals surface area (Å²) in [4.78, 5) is 3.99. The number of aromatic nitrogens is 3. The summed E-state index contributed by atoms with van der Waals surface area (Å²) >= 11 is 5.63. The average Bonchev–Trinajstić information content (AvgIpc) is 2.08. The van der Waals surface area contributed by atoms with Gasteiger partial charge in [-0.2, -0.15) is 0 Å². The van der Waals surface area contributed by atoms with E-state index in [1.54, 1.807) is 0 Å². The SMILES string of the molecule is Cc1nc(Cl)nn1C(C)(C)C. The van der Waals surface area contributed by atoms with Crippen LogP contribution in [0.3, 0.4) is 0 Å². The summed E-state index contributed by atoms with van der Waals surface area (Å²) in [5.41, 5.74) is -0.0375. The van der Waals surface area contributed by atoms with E-state index in [1.807, 2.05) is 11.6 Å². The molecule has 0 aliphatic heterocycles. The molecule has 0 saturated heterocycles. The standard InChI is InChI=1S/C7H12ClN3/c1-5-9-6(8)10-11(5)7(2,3)4/h1-4H3. The number of rotatable bonds is 0. The van der Waals surface area contributed by atoms with Crippen molar-refractivity contribution >= 4 is 11.6 Å². The van der Waals surface area contributed by atoms with Gasteiger partial charge in [-0.3, -0.25) is 0 Å². The molecule has 1 aromatic rings. The lowest BCUT2D eigenvalue weighted by Crippen LogP contribution is -2.24. The lowest BCUT2D eigenvalue weighted by molar-refractivity contribution is 0.346. The third kappa shape index (κ3) is 1.71. The largest absolute Gasteiger partial charge is 0.244 e. The molecule has 0 unspecified atom stereocenters. The summed E-state index contributed by atoms with van der Waals surface area (Å²) in [5.74, 6) is 0.850. The van der Waals surface area contributed by atoms with Crippen molar-refractivity contribution in [3.05, 3.63) is 11.1 Å². The van der Waals surface area contributed by atoms with Gasteiger partial charge in [-0.25, -0.2) is 9.67 Å². The molecule has 3 nitrogen and oxygen atoms in total. The molecule has 0 aliphatic carbocycles. The van der Waals surface area contributed by atoms with Crippen LogP contribution in [-0.2, 0) is 5.54 Å². The second kappa shape index (κ2) is 2.48. The Kier molecular flexibility index (Phi) is 1.92. The highest BCUT2D eigenvalue weighted by molar-refractivity contribution is 6.28. The van der Waals surface area contributed by atoms with Crippen molar-refractivity contribution in [1.29, 1.82) is 0 Å². The summed E-state index contributed by atoms with van der Waals surface area (Å²) in [6.45, 7) is 8.07. The van der Waals surface area contributed by atoms with E-state index >= 15 is 0 Å². The van der Waals surface area contributed by atoms with Crippen LogP contribution in [-0.4, -0.2) is 14.8 Å². The maximum atomic E-state index is 5.63. The predicted octanol–water partition coefficient (Wildman–Crippen LogP) is 1.99. The van der Waals surface area contributed by atoms with E-state index < -0.39 is 0 Å². The highest BCUT2D eigenvalue weighted by Crippen LogP contribution is 2.15. The zero-order valence-electron chi connectivity index (χ0n) is 7.22. The first-order chi connectivity index (χ1) is 4.91. The first-order valence-corrected chi connectivity index (χ1v) is 3.88. The molecular formula is C7H12ClN3. The second-order valence-corrected chi connectivity index (χ2v) is 3.85. The van der Waals surface area contributed by atoms with Crippen molar-refractivity contribution in [2.24, 2.45) is 0 Å². The maximum Gasteiger partial charge on any atom is 0.242 e. The fourth-order valence-electron chi connectivity index (χ4n) is 0.994. The number of nitrogens with zero attached hydrogens (tertiary/aromatic N) is 3. The first kappa shape index (κ1) is 8.53. The highest BCUT2D eigenvalue weighted by Gasteiger charge is 2.17. The Labute approximate surface area is 71.4 Å². The molecule has 0 aromatic carbocycles. The van der Waals surface area contributed by atoms with E-state index in [0.717, 1.165) is 5.82 Å². The van der Waals surface area contributed by atoms with Gasteiger partial charge in [0.1, 0.15) is 5.82 Å². The molecule has 0 atom stereocenters. The Morgan fingerprint density at radius 2 is 1.91 bits per heavy atom. The molecule has 11 heavy (non-hydrogen) atoms. The Morgan fingerprint density at radius 3 is 2.09 bits per heavy atom. The van der Waals surface area contributed by atoms with Crippen molar-refractivity contribution in [1.82, 2.24) is 14.8 Å². The summed E-state index contributed by atoms with van der Waals surface area (Å²) in [7, 11) is 0. The Hall–Kier alpha value is -0.570. The van der Waals surface area contributed by atoms with Crippen LogP contribution in [0, 0.1) is 6.92 Å². The molecule has 0 radical (unpaired) electrons. The topological polar surface area (TPSA) is 30.7 Å². The Balaban J connectivity index is 3.13. The number of hydrogen-bond acceptors (Lipinski definition) is 2. The van der Waals surface area contributed by atoms with Gasteiger partial charge in [0, 0.05) is 0 Å². The zero-order valence-corrected chi connectivity index (χ0v) is 7.98. The Morgan fingerprint density at radius 1 is 1.36 bits per heavy atom. The average molecular weight is 174 g/mol. The molecule has 1 heterocycles. The summed E-state index contributed by atoms with van der Waals surface area (Å²) < 4.78 is 1.81. The minimum Gasteiger partial charge on any atom is -0.244 e. The lowest BCUT2D eigenvalue weighted by Gasteiger charge is -2.19. The minimum atomic E-state index is -0.0375. The van der Waals surface area contributed by atoms with Crippen molar-refractivity contribution < 1.29 is 0 Å². The lowest BCUT2D eigenvalue weighted by atomic mass is 10.1. The van der Waals surface area contributed by atoms with Crippen molar-refractivity contribution in [2.75, 3.05) is 0 Å². The molecule has 0 fully saturated rings. The second-order valence-electron chi connectivity index (χ2n) is 3.51. The minimum absolute atomic E-state index is 0.0375. The van der Waals surface area contributed by atoms with Crippen LogP contribution in [0.5, 0.6) is 0 Å². The van der Waals surface area contributed by atoms with Gasteiger partial charge in [-0.1, -0.05) is 0 Å². The Bertz CT molecular complexity index is 259. The van der Waals surface area contributed by atoms with E-state index in [1.165, 1.54) is 0 Å². The third-order valence-corrected chi connectivity index (χ3v) is 1.54. The molecule has 1 aromatic heterocycles. The molecule has 1 rings (SSSR count). The maximum absolute atomic E-state index is 5.63. The highest BCUT2D eigenvalue weighted by atomic mass is 35.5. The van der Waals surface area contributed by atoms with Gasteiger partial charge in [0.05, 0.1) is 5.54 Å². The monoisotopic (exact) mass is 173 g/mol. The van der Waals surface area contributed by atoms with Gasteiger partial charge in [0.2, 0.25) is 5.28 Å². The van der Waals surface area contributed by atoms with Crippen LogP contribution in [0.1, 0.15) is 26.6 Å². The van der Waals surface area contributed by atoms with E-state index in [4.69, 9.17) is 11.6 Å². The fourth-order valence-corrected chi connectivity index (χ4v) is 1.19. The van der Waals surface area contributed by atoms with Gasteiger partial charge in [0.15, 0.2) is 0 Å². The van der Waals surface area contributed by atoms with Gasteiger partial charge >= 0.3 is 0 Å². The normalized spacial score (nSPS) is 12.1. The fraction of sp³-hybridized carbons (Fsp3) is 0.714. The van der Waals surface area contributed by atoms with Gasteiger partial charge in [0.25, 0.3) is 0 Å². The van der Waals surface area contributed by atoms with Crippen molar-refractivity contribution in [2.45, 2.75) is 33.2 Å². The van der Waals surface area contributed by atoms with Gasteiger partial charge in [-0.05, 0) is 39.3 Å². The van der Waals surface area contributed by atoms with E-state index in [0.29, 0.717) is 5.28 Å². The molecule has 0 saturated carbocycles. The molecule has 0 N–H and O–H groups in total. The van der Waals surface area contributed by atoms with E-state index in [2.05, 4.69) is 30.9 Å². The summed E-state index contributed by atoms with van der Waals surface area (Å²) in [6.07, 6.45) is 0. The summed E-state index contributed by atoms with van der Waals surface area (Å²) in [5, 5.41) is 4.37. The predicted molar refractivity (Wildman–Crippen MR) is 44.8 cm³/mol. The summed E-state index contributed by atoms with van der Waals surface area (Å²) in [6, 6.07) is 0. The zero-order chi connectivity index (χ0) is 8.65. The molecular weight excluding hydrogens is 162 g/mol. The van der Waals surface area contributed by atoms with Crippen molar-refractivity contribution in [3.63, 3.8) is 0 Å². The molecule has 0 amide bonds. The van der Waals surface area contributed by atoms with Crippen LogP contribution in [0.4, 0.5) is 0 Å². The molecule has 0 aliphatic rings. The van der Waals surface area contributed by atoms with Crippen LogP contribution < -0.4 is 0 Å². The number of aryl methyl sites for hydroxylation is 1.